The molecule has 0 aliphatic carbocycles. The topological polar surface area (TPSA) is 35.5 Å². The lowest BCUT2D eigenvalue weighted by Gasteiger charge is -2.29. The third kappa shape index (κ3) is 14.3. The van der Waals surface area contributed by atoms with Gasteiger partial charge >= 0.3 is 5.97 Å². The lowest BCUT2D eigenvalue weighted by molar-refractivity contribution is -0.171. The van der Waals surface area contributed by atoms with Crippen molar-refractivity contribution < 1.29 is 14.3 Å². The third-order valence-corrected chi connectivity index (χ3v) is 8.84. The number of esters is 1. The fourth-order valence-electron chi connectivity index (χ4n) is 5.87. The summed E-state index contributed by atoms with van der Waals surface area (Å²) in [6.45, 7) is 6.34. The van der Waals surface area contributed by atoms with Gasteiger partial charge in [0.15, 0.2) is 11.7 Å². The summed E-state index contributed by atoms with van der Waals surface area (Å²) >= 11 is 0. The molecular weight excluding hydrogens is 528 g/mol. The molecule has 2 aromatic rings. The van der Waals surface area contributed by atoms with E-state index in [0.29, 0.717) is 0 Å². The molecule has 0 aliphatic rings. The molecule has 0 unspecified atom stereocenters. The summed E-state index contributed by atoms with van der Waals surface area (Å²) in [6.07, 6.45) is 26.0. The SMILES string of the molecule is CCCCCCCCCCCCCCCC#C[C@@H](CCCCCCCC)OC(=O)[C@@](C)(OC)c1cccc2ccccc12. The molecule has 3 heteroatoms. The Hall–Kier alpha value is -2.31. The second kappa shape index (κ2) is 23.1. The Morgan fingerprint density at radius 2 is 1.21 bits per heavy atom. The second-order valence-electron chi connectivity index (χ2n) is 12.5. The minimum Gasteiger partial charge on any atom is -0.447 e. The van der Waals surface area contributed by atoms with Gasteiger partial charge in [-0.25, -0.2) is 4.79 Å². The van der Waals surface area contributed by atoms with Crippen LogP contribution in [-0.2, 0) is 19.9 Å². The van der Waals surface area contributed by atoms with Crippen LogP contribution in [0.3, 0.4) is 0 Å². The standard InChI is InChI=1S/C40H62O3/c1-5-7-9-11-13-14-15-16-17-18-19-20-21-23-25-32-36(31-24-22-12-10-8-6-2)43-39(41)40(3,42-4)38-34-28-30-35-29-26-27-33-37(35)38/h26-30,33-34,36H,5-24,31H2,1-4H3/t36-,40+/m1/s1. The van der Waals surface area contributed by atoms with E-state index in [1.54, 1.807) is 7.11 Å². The van der Waals surface area contributed by atoms with Crippen LogP contribution in [0, 0.1) is 11.8 Å². The fraction of sp³-hybridized carbons (Fsp3) is 0.675. The van der Waals surface area contributed by atoms with E-state index < -0.39 is 11.7 Å². The van der Waals surface area contributed by atoms with Gasteiger partial charge in [-0.2, -0.15) is 0 Å². The molecule has 0 amide bonds. The first kappa shape index (κ1) is 36.9. The van der Waals surface area contributed by atoms with E-state index in [0.717, 1.165) is 48.4 Å². The van der Waals surface area contributed by atoms with Crippen LogP contribution in [-0.4, -0.2) is 19.2 Å². The van der Waals surface area contributed by atoms with Crippen molar-refractivity contribution in [3.05, 3.63) is 48.0 Å². The van der Waals surface area contributed by atoms with Crippen molar-refractivity contribution in [2.45, 2.75) is 167 Å². The van der Waals surface area contributed by atoms with Gasteiger partial charge in [-0.3, -0.25) is 0 Å². The molecular formula is C40H62O3. The Morgan fingerprint density at radius 3 is 1.79 bits per heavy atom. The molecule has 240 valence electrons. The number of ether oxygens (including phenoxy) is 2. The van der Waals surface area contributed by atoms with Gasteiger partial charge in [-0.1, -0.05) is 177 Å². The maximum Gasteiger partial charge on any atom is 0.344 e. The summed E-state index contributed by atoms with van der Waals surface area (Å²) in [5.41, 5.74) is -0.367. The smallest absolute Gasteiger partial charge is 0.344 e. The molecule has 0 saturated carbocycles. The Bertz CT molecular complexity index is 1060. The molecule has 2 aromatic carbocycles. The highest BCUT2D eigenvalue weighted by Gasteiger charge is 2.39. The lowest BCUT2D eigenvalue weighted by atomic mass is 9.90. The molecule has 0 fully saturated rings. The summed E-state index contributed by atoms with van der Waals surface area (Å²) < 4.78 is 12.0. The predicted octanol–water partition coefficient (Wildman–Crippen LogP) is 11.8. The van der Waals surface area contributed by atoms with Gasteiger partial charge in [0.25, 0.3) is 0 Å². The molecule has 0 saturated heterocycles. The van der Waals surface area contributed by atoms with Crippen LogP contribution in [0.2, 0.25) is 0 Å². The largest absolute Gasteiger partial charge is 0.447 e. The van der Waals surface area contributed by atoms with Gasteiger partial charge in [-0.15, -0.1) is 0 Å². The van der Waals surface area contributed by atoms with E-state index >= 15 is 0 Å². The van der Waals surface area contributed by atoms with Crippen molar-refractivity contribution in [2.75, 3.05) is 7.11 Å². The minimum atomic E-state index is -1.20. The van der Waals surface area contributed by atoms with Crippen molar-refractivity contribution in [3.8, 4) is 11.8 Å². The first-order valence-corrected chi connectivity index (χ1v) is 17.8. The van der Waals surface area contributed by atoms with Crippen LogP contribution in [0.15, 0.2) is 42.5 Å². The minimum absolute atomic E-state index is 0.363. The van der Waals surface area contributed by atoms with Crippen molar-refractivity contribution in [3.63, 3.8) is 0 Å². The third-order valence-electron chi connectivity index (χ3n) is 8.84. The van der Waals surface area contributed by atoms with E-state index in [9.17, 15) is 4.79 Å². The molecule has 3 nitrogen and oxygen atoms in total. The lowest BCUT2D eigenvalue weighted by Crippen LogP contribution is -2.38. The molecule has 0 spiro atoms. The summed E-state index contributed by atoms with van der Waals surface area (Å²) in [5, 5.41) is 2.09. The van der Waals surface area contributed by atoms with Crippen LogP contribution in [0.5, 0.6) is 0 Å². The number of carbonyl (C=O) groups is 1. The van der Waals surface area contributed by atoms with E-state index in [-0.39, 0.29) is 5.97 Å². The molecule has 43 heavy (non-hydrogen) atoms. The first-order valence-electron chi connectivity index (χ1n) is 17.8. The van der Waals surface area contributed by atoms with Crippen LogP contribution in [0.4, 0.5) is 0 Å². The first-order chi connectivity index (χ1) is 21.1. The average Bonchev–Trinajstić information content (AvgIpc) is 3.03. The van der Waals surface area contributed by atoms with Gasteiger partial charge in [0, 0.05) is 19.1 Å². The molecule has 0 radical (unpaired) electrons. The van der Waals surface area contributed by atoms with Gasteiger partial charge in [0.05, 0.1) is 0 Å². The van der Waals surface area contributed by atoms with E-state index in [1.165, 1.54) is 103 Å². The zero-order chi connectivity index (χ0) is 31.0. The number of fused-ring (bicyclic) bond motifs is 1. The van der Waals surface area contributed by atoms with Crippen LogP contribution in [0.25, 0.3) is 10.8 Å². The zero-order valence-electron chi connectivity index (χ0n) is 28.2. The highest BCUT2D eigenvalue weighted by atomic mass is 16.6. The maximum atomic E-state index is 13.7. The number of rotatable bonds is 24. The summed E-state index contributed by atoms with van der Waals surface area (Å²) in [6, 6.07) is 14.1. The molecule has 0 aliphatic heterocycles. The Morgan fingerprint density at radius 1 is 0.698 bits per heavy atom. The predicted molar refractivity (Wildman–Crippen MR) is 184 cm³/mol. The number of hydrogen-bond donors (Lipinski definition) is 0. The maximum absolute atomic E-state index is 13.7. The van der Waals surface area contributed by atoms with Crippen molar-refractivity contribution in [1.82, 2.24) is 0 Å². The number of unbranched alkanes of at least 4 members (excludes halogenated alkanes) is 18. The Labute approximate surface area is 264 Å². The number of hydrogen-bond acceptors (Lipinski definition) is 3. The van der Waals surface area contributed by atoms with Gasteiger partial charge in [0.2, 0.25) is 0 Å². The Balaban J connectivity index is 1.84. The van der Waals surface area contributed by atoms with Crippen molar-refractivity contribution in [2.24, 2.45) is 0 Å². The quantitative estimate of drug-likeness (QED) is 0.0693. The van der Waals surface area contributed by atoms with Crippen LogP contribution in [0.1, 0.15) is 161 Å². The molecule has 0 N–H and O–H groups in total. The van der Waals surface area contributed by atoms with E-state index in [1.807, 2.05) is 37.3 Å². The van der Waals surface area contributed by atoms with Gasteiger partial charge < -0.3 is 9.47 Å². The number of carbonyl (C=O) groups excluding carboxylic acids is 1. The van der Waals surface area contributed by atoms with E-state index in [2.05, 4.69) is 37.8 Å². The van der Waals surface area contributed by atoms with Gasteiger partial charge in [0.1, 0.15) is 0 Å². The van der Waals surface area contributed by atoms with Crippen LogP contribution >= 0.6 is 0 Å². The molecule has 0 bridgehead atoms. The average molecular weight is 591 g/mol. The van der Waals surface area contributed by atoms with Crippen molar-refractivity contribution >= 4 is 16.7 Å². The number of benzene rings is 2. The summed E-state index contributed by atoms with van der Waals surface area (Å²) in [5.74, 6) is 6.33. The zero-order valence-corrected chi connectivity index (χ0v) is 28.2. The van der Waals surface area contributed by atoms with Crippen LogP contribution < -0.4 is 0 Å². The normalized spacial score (nSPS) is 13.3. The Kier molecular flexibility index (Phi) is 19.8. The highest BCUT2D eigenvalue weighted by Crippen LogP contribution is 2.33. The second-order valence-corrected chi connectivity index (χ2v) is 12.5. The fourth-order valence-corrected chi connectivity index (χ4v) is 5.87. The summed E-state index contributed by atoms with van der Waals surface area (Å²) in [7, 11) is 1.59. The molecule has 0 heterocycles. The highest BCUT2D eigenvalue weighted by molar-refractivity contribution is 5.92. The molecule has 2 rings (SSSR count). The molecule has 2 atom stereocenters. The van der Waals surface area contributed by atoms with Crippen molar-refractivity contribution in [1.29, 1.82) is 0 Å². The van der Waals surface area contributed by atoms with Gasteiger partial charge in [-0.05, 0) is 37.0 Å². The summed E-state index contributed by atoms with van der Waals surface area (Å²) in [4.78, 5) is 13.7. The van der Waals surface area contributed by atoms with E-state index in [4.69, 9.17) is 9.47 Å². The number of methoxy groups -OCH3 is 1. The molecule has 0 aromatic heterocycles. The monoisotopic (exact) mass is 590 g/mol.